The largest absolute Gasteiger partial charge is 0.255 e. The third kappa shape index (κ3) is 7.84. The number of aryl methyl sites for hydroxylation is 2. The smallest absolute Gasteiger partial charge is 0.167 e. The minimum absolute atomic E-state index is 0.503. The van der Waals surface area contributed by atoms with Gasteiger partial charge in [0.05, 0.1) is 16.8 Å². The zero-order valence-electron chi connectivity index (χ0n) is 24.6. The van der Waals surface area contributed by atoms with Crippen molar-refractivity contribution in [3.63, 3.8) is 0 Å². The summed E-state index contributed by atoms with van der Waals surface area (Å²) in [5.74, 6) is 3.21. The summed E-state index contributed by atoms with van der Waals surface area (Å²) in [6, 6.07) is 14.1. The predicted molar refractivity (Wildman–Crippen MR) is 166 cm³/mol. The van der Waals surface area contributed by atoms with E-state index < -0.39 is 0 Å². The molecule has 5 aromatic rings. The molecule has 42 heavy (non-hydrogen) atoms. The molecule has 4 aromatic heterocycles. The number of hydrogen-bond acceptors (Lipinski definition) is 8. The van der Waals surface area contributed by atoms with Gasteiger partial charge in [-0.25, -0.2) is 34.9 Å². The zero-order valence-corrected chi connectivity index (χ0v) is 24.6. The minimum atomic E-state index is 0.503. The van der Waals surface area contributed by atoms with Crippen LogP contribution in [0.3, 0.4) is 0 Å². The molecule has 0 aliphatic carbocycles. The van der Waals surface area contributed by atoms with Crippen molar-refractivity contribution in [3.8, 4) is 45.4 Å². The Morgan fingerprint density at radius 3 is 1.36 bits per heavy atom. The number of hydrogen-bond donors (Lipinski definition) is 0. The Balaban J connectivity index is 1.44. The van der Waals surface area contributed by atoms with Crippen molar-refractivity contribution < 1.29 is 0 Å². The topological polar surface area (TPSA) is 103 Å². The van der Waals surface area contributed by atoms with Crippen LogP contribution in [0, 0.1) is 0 Å². The van der Waals surface area contributed by atoms with Crippen molar-refractivity contribution >= 4 is 0 Å². The molecule has 4 heterocycles. The first-order valence-corrected chi connectivity index (χ1v) is 15.1. The standard InChI is InChI=1S/C34H38N8/c1-3-5-7-12-16-30-36-21-27(22-37-30)33-40-32(26-18-19-29(35-20-26)25-14-10-9-11-15-25)41-34(42-33)28-23-38-31(39-24-28)17-13-8-6-4-2/h9-11,14-15,18-24H,3-8,12-13,16-17H2,1-2H3. The van der Waals surface area contributed by atoms with Gasteiger partial charge < -0.3 is 0 Å². The molecular weight excluding hydrogens is 520 g/mol. The van der Waals surface area contributed by atoms with E-state index in [1.165, 1.54) is 38.5 Å². The van der Waals surface area contributed by atoms with Crippen LogP contribution in [0.15, 0.2) is 73.4 Å². The molecule has 0 atom stereocenters. The highest BCUT2D eigenvalue weighted by Crippen LogP contribution is 2.25. The highest BCUT2D eigenvalue weighted by atomic mass is 15.0. The Kier molecular flexibility index (Phi) is 10.3. The average molecular weight is 559 g/mol. The quantitative estimate of drug-likeness (QED) is 0.127. The van der Waals surface area contributed by atoms with Crippen LogP contribution in [0.25, 0.3) is 45.4 Å². The van der Waals surface area contributed by atoms with E-state index in [-0.39, 0.29) is 0 Å². The molecule has 0 N–H and O–H groups in total. The van der Waals surface area contributed by atoms with Gasteiger partial charge >= 0.3 is 0 Å². The molecule has 8 heteroatoms. The third-order valence-corrected chi connectivity index (χ3v) is 7.16. The lowest BCUT2D eigenvalue weighted by Crippen LogP contribution is -2.03. The van der Waals surface area contributed by atoms with Gasteiger partial charge in [0.25, 0.3) is 0 Å². The summed E-state index contributed by atoms with van der Waals surface area (Å²) in [5.41, 5.74) is 4.21. The summed E-state index contributed by atoms with van der Waals surface area (Å²) >= 11 is 0. The zero-order chi connectivity index (χ0) is 29.0. The summed E-state index contributed by atoms with van der Waals surface area (Å²) in [4.78, 5) is 37.5. The molecule has 0 unspecified atom stereocenters. The van der Waals surface area contributed by atoms with Gasteiger partial charge in [0.1, 0.15) is 11.6 Å². The molecule has 0 fully saturated rings. The molecule has 0 saturated carbocycles. The molecule has 0 aliphatic rings. The lowest BCUT2D eigenvalue weighted by molar-refractivity contribution is 0.652. The predicted octanol–water partition coefficient (Wildman–Crippen LogP) is 7.76. The van der Waals surface area contributed by atoms with E-state index in [0.29, 0.717) is 17.5 Å². The number of pyridine rings is 1. The summed E-state index contributed by atoms with van der Waals surface area (Å²) in [6.07, 6.45) is 20.2. The molecule has 0 amide bonds. The van der Waals surface area contributed by atoms with Gasteiger partial charge in [-0.2, -0.15) is 0 Å². The first-order valence-electron chi connectivity index (χ1n) is 15.1. The van der Waals surface area contributed by atoms with Crippen LogP contribution in [0.5, 0.6) is 0 Å². The molecule has 0 radical (unpaired) electrons. The maximum atomic E-state index is 4.81. The second-order valence-corrected chi connectivity index (χ2v) is 10.5. The van der Waals surface area contributed by atoms with Crippen molar-refractivity contribution in [3.05, 3.63) is 85.1 Å². The van der Waals surface area contributed by atoms with E-state index in [1.54, 1.807) is 31.0 Å². The minimum Gasteiger partial charge on any atom is -0.255 e. The normalized spacial score (nSPS) is 11.1. The fourth-order valence-electron chi connectivity index (χ4n) is 4.69. The average Bonchev–Trinajstić information content (AvgIpc) is 3.06. The van der Waals surface area contributed by atoms with E-state index in [2.05, 4.69) is 38.8 Å². The molecule has 5 rings (SSSR count). The van der Waals surface area contributed by atoms with Crippen LogP contribution < -0.4 is 0 Å². The molecule has 0 bridgehead atoms. The Labute approximate surface area is 248 Å². The monoisotopic (exact) mass is 558 g/mol. The Morgan fingerprint density at radius 1 is 0.429 bits per heavy atom. The molecule has 0 saturated heterocycles. The van der Waals surface area contributed by atoms with Crippen molar-refractivity contribution in [1.29, 1.82) is 0 Å². The van der Waals surface area contributed by atoms with Gasteiger partial charge in [-0.15, -0.1) is 0 Å². The van der Waals surface area contributed by atoms with Crippen molar-refractivity contribution in [1.82, 2.24) is 39.9 Å². The summed E-state index contributed by atoms with van der Waals surface area (Å²) in [6.45, 7) is 4.43. The first-order chi connectivity index (χ1) is 20.7. The van der Waals surface area contributed by atoms with Gasteiger partial charge in [-0.3, -0.25) is 4.98 Å². The fourth-order valence-corrected chi connectivity index (χ4v) is 4.69. The van der Waals surface area contributed by atoms with Crippen LogP contribution in [0.2, 0.25) is 0 Å². The van der Waals surface area contributed by atoms with E-state index in [9.17, 15) is 0 Å². The van der Waals surface area contributed by atoms with E-state index in [1.807, 2.05) is 42.5 Å². The maximum absolute atomic E-state index is 4.81. The number of unbranched alkanes of at least 4 members (excludes halogenated alkanes) is 6. The number of benzene rings is 1. The Hall–Kier alpha value is -4.46. The van der Waals surface area contributed by atoms with Gasteiger partial charge in [0.2, 0.25) is 0 Å². The number of rotatable bonds is 14. The lowest BCUT2D eigenvalue weighted by atomic mass is 10.1. The van der Waals surface area contributed by atoms with Crippen LogP contribution in [-0.2, 0) is 12.8 Å². The summed E-state index contributed by atoms with van der Waals surface area (Å²) < 4.78 is 0. The van der Waals surface area contributed by atoms with Crippen LogP contribution in [0.4, 0.5) is 0 Å². The fraction of sp³-hybridized carbons (Fsp3) is 0.353. The maximum Gasteiger partial charge on any atom is 0.167 e. The van der Waals surface area contributed by atoms with Gasteiger partial charge in [0, 0.05) is 55.0 Å². The number of aromatic nitrogens is 8. The lowest BCUT2D eigenvalue weighted by Gasteiger charge is -2.09. The molecular formula is C34H38N8. The van der Waals surface area contributed by atoms with Crippen LogP contribution in [-0.4, -0.2) is 39.9 Å². The van der Waals surface area contributed by atoms with Gasteiger partial charge in [-0.1, -0.05) is 82.7 Å². The van der Waals surface area contributed by atoms with E-state index in [4.69, 9.17) is 15.0 Å². The SMILES string of the molecule is CCCCCCc1ncc(-c2nc(-c3ccc(-c4ccccc4)nc3)nc(-c3cnc(CCCCCC)nc3)n2)cn1. The highest BCUT2D eigenvalue weighted by Gasteiger charge is 2.14. The second-order valence-electron chi connectivity index (χ2n) is 10.5. The third-order valence-electron chi connectivity index (χ3n) is 7.16. The Morgan fingerprint density at radius 2 is 0.905 bits per heavy atom. The summed E-state index contributed by atoms with van der Waals surface area (Å²) in [5, 5.41) is 0. The van der Waals surface area contributed by atoms with Gasteiger partial charge in [-0.05, 0) is 25.0 Å². The summed E-state index contributed by atoms with van der Waals surface area (Å²) in [7, 11) is 0. The molecule has 0 aliphatic heterocycles. The van der Waals surface area contributed by atoms with E-state index in [0.717, 1.165) is 65.3 Å². The van der Waals surface area contributed by atoms with Crippen molar-refractivity contribution in [2.45, 2.75) is 78.1 Å². The second kappa shape index (κ2) is 15.0. The van der Waals surface area contributed by atoms with Gasteiger partial charge in [0.15, 0.2) is 17.5 Å². The first kappa shape index (κ1) is 29.0. The van der Waals surface area contributed by atoms with Crippen molar-refractivity contribution in [2.75, 3.05) is 0 Å². The Bertz CT molecular complexity index is 1450. The highest BCUT2D eigenvalue weighted by molar-refractivity contribution is 5.67. The van der Waals surface area contributed by atoms with Crippen molar-refractivity contribution in [2.24, 2.45) is 0 Å². The van der Waals surface area contributed by atoms with Crippen LogP contribution in [0.1, 0.15) is 76.9 Å². The molecule has 0 spiro atoms. The molecule has 8 nitrogen and oxygen atoms in total. The molecule has 214 valence electrons. The van der Waals surface area contributed by atoms with E-state index >= 15 is 0 Å². The number of nitrogens with zero attached hydrogens (tertiary/aromatic N) is 8. The molecule has 1 aromatic carbocycles. The van der Waals surface area contributed by atoms with Crippen LogP contribution >= 0.6 is 0 Å².